The Hall–Kier alpha value is -6.19. The van der Waals surface area contributed by atoms with Gasteiger partial charge in [-0.3, -0.25) is 34.0 Å². The summed E-state index contributed by atoms with van der Waals surface area (Å²) in [5.74, 6) is -3.01. The molecule has 16 heteroatoms. The molecule has 16 nitrogen and oxygen atoms in total. The molecule has 13 N–H and O–H groups in total. The Morgan fingerprint density at radius 1 is 0.642 bits per heavy atom. The van der Waals surface area contributed by atoms with Gasteiger partial charge in [-0.25, -0.2) is 0 Å². The molecule has 0 aliphatic carbocycles. The minimum atomic E-state index is -1.13. The van der Waals surface area contributed by atoms with Crippen molar-refractivity contribution in [2.45, 2.75) is 64.1 Å². The van der Waals surface area contributed by atoms with Gasteiger partial charge in [0.05, 0.1) is 6.54 Å². The first-order valence-corrected chi connectivity index (χ1v) is 17.5. The molecule has 0 saturated carbocycles. The molecule has 3 aromatic rings. The summed E-state index contributed by atoms with van der Waals surface area (Å²) in [6.45, 7) is 3.80. The summed E-state index contributed by atoms with van der Waals surface area (Å²) in [6.07, 6.45) is 1.14. The van der Waals surface area contributed by atoms with Crippen molar-refractivity contribution in [3.63, 3.8) is 0 Å². The zero-order chi connectivity index (χ0) is 38.8. The summed E-state index contributed by atoms with van der Waals surface area (Å²) in [5, 5.41) is 15.6. The normalized spacial score (nSPS) is 12.4. The van der Waals surface area contributed by atoms with Crippen molar-refractivity contribution in [3.8, 4) is 0 Å². The first kappa shape index (κ1) is 41.2. The molecular formula is C37H51N11O5. The number of carbonyl (C=O) groups is 5. The van der Waals surface area contributed by atoms with Crippen molar-refractivity contribution >= 4 is 57.9 Å². The van der Waals surface area contributed by atoms with Crippen molar-refractivity contribution in [2.24, 2.45) is 38.8 Å². The van der Waals surface area contributed by atoms with Crippen molar-refractivity contribution < 1.29 is 24.0 Å². The summed E-state index contributed by atoms with van der Waals surface area (Å²) in [7, 11) is 0. The average molecular weight is 730 g/mol. The zero-order valence-corrected chi connectivity index (χ0v) is 30.1. The van der Waals surface area contributed by atoms with E-state index in [4.69, 9.17) is 22.9 Å². The van der Waals surface area contributed by atoms with Crippen LogP contribution in [0.3, 0.4) is 0 Å². The van der Waals surface area contributed by atoms with Gasteiger partial charge in [-0.15, -0.1) is 0 Å². The summed E-state index contributed by atoms with van der Waals surface area (Å²) in [4.78, 5) is 74.5. The number of amides is 5. The molecule has 0 saturated heterocycles. The molecule has 0 heterocycles. The van der Waals surface area contributed by atoms with Gasteiger partial charge in [0.15, 0.2) is 11.9 Å². The van der Waals surface area contributed by atoms with Gasteiger partial charge in [0.25, 0.3) is 5.91 Å². The van der Waals surface area contributed by atoms with E-state index in [9.17, 15) is 24.0 Å². The number of aliphatic imine (C=N–C) groups is 2. The van der Waals surface area contributed by atoms with E-state index in [1.54, 1.807) is 36.4 Å². The number of benzene rings is 3. The van der Waals surface area contributed by atoms with Crippen LogP contribution in [0.25, 0.3) is 10.8 Å². The molecular weight excluding hydrogens is 678 g/mol. The van der Waals surface area contributed by atoms with Crippen LogP contribution in [0.4, 0.5) is 5.69 Å². The lowest BCUT2D eigenvalue weighted by Gasteiger charge is -2.26. The molecule has 3 rings (SSSR count). The molecule has 284 valence electrons. The second kappa shape index (κ2) is 21.2. The van der Waals surface area contributed by atoms with Crippen LogP contribution in [0.5, 0.6) is 0 Å². The Bertz CT molecular complexity index is 1760. The molecule has 0 spiro atoms. The van der Waals surface area contributed by atoms with Crippen LogP contribution in [-0.2, 0) is 19.2 Å². The Labute approximate surface area is 309 Å². The van der Waals surface area contributed by atoms with E-state index in [2.05, 4.69) is 36.6 Å². The van der Waals surface area contributed by atoms with Crippen molar-refractivity contribution in [2.75, 3.05) is 25.0 Å². The number of anilines is 1. The topological polar surface area (TPSA) is 274 Å². The lowest BCUT2D eigenvalue weighted by atomic mass is 10.0. The number of nitrogens with one attached hydrogen (secondary N) is 5. The third-order valence-corrected chi connectivity index (χ3v) is 7.98. The van der Waals surface area contributed by atoms with Gasteiger partial charge in [-0.2, -0.15) is 0 Å². The number of guanidine groups is 2. The Kier molecular flexibility index (Phi) is 16.5. The fourth-order valence-electron chi connectivity index (χ4n) is 5.39. The fourth-order valence-corrected chi connectivity index (χ4v) is 5.39. The Morgan fingerprint density at radius 2 is 1.19 bits per heavy atom. The number of nitrogens with two attached hydrogens (primary N) is 4. The molecule has 5 amide bonds. The third-order valence-electron chi connectivity index (χ3n) is 7.98. The van der Waals surface area contributed by atoms with Gasteiger partial charge in [-0.1, -0.05) is 62.4 Å². The third kappa shape index (κ3) is 14.9. The molecule has 3 unspecified atom stereocenters. The fraction of sp³-hybridized carbons (Fsp3) is 0.378. The number of rotatable bonds is 20. The minimum absolute atomic E-state index is 0.0322. The quantitative estimate of drug-likeness (QED) is 0.0452. The summed E-state index contributed by atoms with van der Waals surface area (Å²) >= 11 is 0. The number of hydrogen-bond donors (Lipinski definition) is 9. The zero-order valence-electron chi connectivity index (χ0n) is 30.1. The standard InChI is InChI=1S/C37H51N11O5/c1-23(2)20-30(35(53)45-27-17-16-24-10-6-7-13-26(24)21-27)48-34(52)29(15-9-19-43-37(40)41)47-33(51)28(14-8-18-42-36(38)39)46-31(49)22-44-32(50)25-11-4-3-5-12-25/h3-7,10-13,16-17,21,23,28-30H,8-9,14-15,18-20,22H2,1-2H3,(H,44,50)(H,45,53)(H,46,49)(H,47,51)(H,48,52)(H4,38,39,42)(H4,40,41,43). The second-order valence-corrected chi connectivity index (χ2v) is 12.9. The van der Waals surface area contributed by atoms with Crippen LogP contribution >= 0.6 is 0 Å². The summed E-state index contributed by atoms with van der Waals surface area (Å²) in [5.41, 5.74) is 22.8. The van der Waals surface area contributed by atoms with E-state index in [1.165, 1.54) is 0 Å². The minimum Gasteiger partial charge on any atom is -0.370 e. The van der Waals surface area contributed by atoms with Gasteiger partial charge in [0.2, 0.25) is 23.6 Å². The number of nitrogens with zero attached hydrogens (tertiary/aromatic N) is 2. The number of hydrogen-bond acceptors (Lipinski definition) is 7. The van der Waals surface area contributed by atoms with Crippen molar-refractivity contribution in [1.29, 1.82) is 0 Å². The van der Waals surface area contributed by atoms with E-state index in [1.807, 2.05) is 50.2 Å². The molecule has 53 heavy (non-hydrogen) atoms. The molecule has 0 bridgehead atoms. The molecule has 3 aromatic carbocycles. The van der Waals surface area contributed by atoms with Crippen LogP contribution in [0, 0.1) is 5.92 Å². The maximum Gasteiger partial charge on any atom is 0.251 e. The van der Waals surface area contributed by atoms with Gasteiger partial charge in [0, 0.05) is 24.3 Å². The smallest absolute Gasteiger partial charge is 0.251 e. The predicted octanol–water partition coefficient (Wildman–Crippen LogP) is 0.816. The van der Waals surface area contributed by atoms with E-state index in [0.717, 1.165) is 10.8 Å². The maximum atomic E-state index is 13.9. The molecule has 0 aromatic heterocycles. The van der Waals surface area contributed by atoms with E-state index >= 15 is 0 Å². The van der Waals surface area contributed by atoms with E-state index in [0.29, 0.717) is 30.5 Å². The van der Waals surface area contributed by atoms with Gasteiger partial charge >= 0.3 is 0 Å². The lowest BCUT2D eigenvalue weighted by Crippen LogP contribution is -2.57. The first-order valence-electron chi connectivity index (χ1n) is 17.5. The number of fused-ring (bicyclic) bond motifs is 1. The van der Waals surface area contributed by atoms with Crippen LogP contribution in [0.1, 0.15) is 56.3 Å². The number of carbonyl (C=O) groups excluding carboxylic acids is 5. The van der Waals surface area contributed by atoms with E-state index < -0.39 is 54.2 Å². The predicted molar refractivity (Wildman–Crippen MR) is 206 cm³/mol. The largest absolute Gasteiger partial charge is 0.370 e. The average Bonchev–Trinajstić information content (AvgIpc) is 3.12. The van der Waals surface area contributed by atoms with Crippen molar-refractivity contribution in [1.82, 2.24) is 21.3 Å². The van der Waals surface area contributed by atoms with Crippen LogP contribution in [0.2, 0.25) is 0 Å². The second-order valence-electron chi connectivity index (χ2n) is 12.9. The van der Waals surface area contributed by atoms with Crippen LogP contribution in [-0.4, -0.2) is 79.2 Å². The Balaban J connectivity index is 1.77. The lowest BCUT2D eigenvalue weighted by molar-refractivity contribution is -0.133. The summed E-state index contributed by atoms with van der Waals surface area (Å²) in [6, 6.07) is 18.4. The van der Waals surface area contributed by atoms with Crippen LogP contribution in [0.15, 0.2) is 82.8 Å². The SMILES string of the molecule is CC(C)CC(NC(=O)C(CCCN=C(N)N)NC(=O)C(CCCN=C(N)N)NC(=O)CNC(=O)c1ccccc1)C(=O)Nc1ccc2ccccc2c1. The van der Waals surface area contributed by atoms with Gasteiger partial charge < -0.3 is 49.5 Å². The monoisotopic (exact) mass is 729 g/mol. The van der Waals surface area contributed by atoms with Crippen molar-refractivity contribution in [3.05, 3.63) is 78.4 Å². The Morgan fingerprint density at radius 3 is 1.77 bits per heavy atom. The molecule has 0 aliphatic rings. The highest BCUT2D eigenvalue weighted by molar-refractivity contribution is 6.00. The summed E-state index contributed by atoms with van der Waals surface area (Å²) < 4.78 is 0. The molecule has 0 fully saturated rings. The van der Waals surface area contributed by atoms with Gasteiger partial charge in [0.1, 0.15) is 18.1 Å². The highest BCUT2D eigenvalue weighted by atomic mass is 16.2. The molecule has 0 aliphatic heterocycles. The first-order chi connectivity index (χ1) is 25.3. The maximum absolute atomic E-state index is 13.9. The highest BCUT2D eigenvalue weighted by Crippen LogP contribution is 2.19. The molecule has 0 radical (unpaired) electrons. The van der Waals surface area contributed by atoms with E-state index in [-0.39, 0.29) is 43.8 Å². The highest BCUT2D eigenvalue weighted by Gasteiger charge is 2.30. The van der Waals surface area contributed by atoms with Gasteiger partial charge in [-0.05, 0) is 73.1 Å². The van der Waals surface area contributed by atoms with Crippen LogP contribution < -0.4 is 49.5 Å². The molecule has 3 atom stereocenters.